The number of aromatic hydroxyl groups is 4. The summed E-state index contributed by atoms with van der Waals surface area (Å²) in [7, 11) is 2.89. The highest BCUT2D eigenvalue weighted by Crippen LogP contribution is 2.28. The van der Waals surface area contributed by atoms with Gasteiger partial charge in [-0.15, -0.1) is 0 Å². The smallest absolute Gasteiger partial charge is 0.331 e. The van der Waals surface area contributed by atoms with Crippen molar-refractivity contribution in [2.75, 3.05) is 20.8 Å². The zero-order chi connectivity index (χ0) is 34.9. The van der Waals surface area contributed by atoms with Crippen LogP contribution in [0, 0.1) is 0 Å². The molecule has 10 heteroatoms. The SMILES string of the molecule is COc1cc(/C=C(\C/C=C/c2ccc(O)cc2)C(=O)O)ccc1O.COc1cc(/C=C/C(=O)OCC=Cc2ccc(O)cc2)ccc1O. The average molecular weight is 653 g/mol. The number of esters is 1. The Hall–Kier alpha value is -6.42. The first-order valence-electron chi connectivity index (χ1n) is 14.5. The fraction of sp³-hybridized carbons (Fsp3) is 0.105. The van der Waals surface area contributed by atoms with Crippen molar-refractivity contribution < 1.29 is 49.3 Å². The molecule has 0 saturated carbocycles. The molecule has 0 saturated heterocycles. The van der Waals surface area contributed by atoms with Crippen molar-refractivity contribution in [3.63, 3.8) is 0 Å². The van der Waals surface area contributed by atoms with Gasteiger partial charge in [0.2, 0.25) is 0 Å². The molecule has 0 aromatic heterocycles. The molecule has 10 nitrogen and oxygen atoms in total. The number of ether oxygens (including phenoxy) is 3. The quantitative estimate of drug-likeness (QED) is 0.0791. The lowest BCUT2D eigenvalue weighted by Gasteiger charge is -2.05. The first-order chi connectivity index (χ1) is 23.1. The maximum atomic E-state index is 11.6. The number of phenolic OH excluding ortho intramolecular Hbond substituents is 4. The second-order valence-electron chi connectivity index (χ2n) is 9.99. The van der Waals surface area contributed by atoms with Crippen molar-refractivity contribution in [2.24, 2.45) is 0 Å². The van der Waals surface area contributed by atoms with E-state index in [9.17, 15) is 35.1 Å². The maximum absolute atomic E-state index is 11.6. The van der Waals surface area contributed by atoms with Gasteiger partial charge in [-0.25, -0.2) is 9.59 Å². The molecule has 4 rings (SSSR count). The second kappa shape index (κ2) is 18.5. The van der Waals surface area contributed by atoms with Crippen LogP contribution in [-0.2, 0) is 14.3 Å². The molecular formula is C38H36O10. The predicted octanol–water partition coefficient (Wildman–Crippen LogP) is 7.05. The van der Waals surface area contributed by atoms with E-state index in [4.69, 9.17) is 14.2 Å². The number of benzene rings is 4. The van der Waals surface area contributed by atoms with Crippen LogP contribution < -0.4 is 9.47 Å². The zero-order valence-electron chi connectivity index (χ0n) is 26.3. The molecule has 5 N–H and O–H groups in total. The number of rotatable bonds is 12. The molecule has 0 spiro atoms. The number of allylic oxidation sites excluding steroid dienone is 1. The van der Waals surface area contributed by atoms with Crippen molar-refractivity contribution in [1.82, 2.24) is 0 Å². The molecule has 0 radical (unpaired) electrons. The number of hydrogen-bond donors (Lipinski definition) is 5. The van der Waals surface area contributed by atoms with Gasteiger partial charge in [0.05, 0.1) is 14.2 Å². The summed E-state index contributed by atoms with van der Waals surface area (Å²) in [4.78, 5) is 23.0. The predicted molar refractivity (Wildman–Crippen MR) is 184 cm³/mol. The molecule has 0 aliphatic carbocycles. The van der Waals surface area contributed by atoms with E-state index in [0.717, 1.165) is 11.1 Å². The van der Waals surface area contributed by atoms with Gasteiger partial charge in [-0.05, 0) is 95.4 Å². The van der Waals surface area contributed by atoms with Crippen molar-refractivity contribution in [3.05, 3.63) is 131 Å². The molecular weight excluding hydrogens is 616 g/mol. The number of carbonyl (C=O) groups excluding carboxylic acids is 1. The third-order valence-corrected chi connectivity index (χ3v) is 6.50. The summed E-state index contributed by atoms with van der Waals surface area (Å²) < 4.78 is 15.1. The van der Waals surface area contributed by atoms with Gasteiger partial charge >= 0.3 is 11.9 Å². The molecule has 0 atom stereocenters. The van der Waals surface area contributed by atoms with E-state index in [0.29, 0.717) is 16.9 Å². The number of carboxylic acids is 1. The Balaban J connectivity index is 0.000000260. The highest BCUT2D eigenvalue weighted by atomic mass is 16.5. The number of carbonyl (C=O) groups is 2. The monoisotopic (exact) mass is 652 g/mol. The van der Waals surface area contributed by atoms with E-state index < -0.39 is 11.9 Å². The summed E-state index contributed by atoms with van der Waals surface area (Å²) in [6.07, 6.45) is 11.7. The van der Waals surface area contributed by atoms with Gasteiger partial charge in [0.15, 0.2) is 23.0 Å². The third-order valence-electron chi connectivity index (χ3n) is 6.50. The Morgan fingerprint density at radius 3 is 1.62 bits per heavy atom. The first kappa shape index (κ1) is 36.1. The van der Waals surface area contributed by atoms with Crippen LogP contribution in [0.3, 0.4) is 0 Å². The molecule has 0 aliphatic rings. The van der Waals surface area contributed by atoms with Crippen LogP contribution in [0.25, 0.3) is 24.3 Å². The molecule has 48 heavy (non-hydrogen) atoms. The molecule has 0 heterocycles. The average Bonchev–Trinajstić information content (AvgIpc) is 3.08. The summed E-state index contributed by atoms with van der Waals surface area (Å²) in [5, 5.41) is 46.8. The molecule has 0 aliphatic heterocycles. The van der Waals surface area contributed by atoms with E-state index in [-0.39, 0.29) is 47.3 Å². The minimum absolute atomic E-state index is 0.00116. The van der Waals surface area contributed by atoms with Crippen LogP contribution >= 0.6 is 0 Å². The lowest BCUT2D eigenvalue weighted by atomic mass is 10.1. The molecule has 0 fully saturated rings. The second-order valence-corrected chi connectivity index (χ2v) is 9.99. The maximum Gasteiger partial charge on any atom is 0.331 e. The van der Waals surface area contributed by atoms with Gasteiger partial charge in [0, 0.05) is 11.6 Å². The Bertz CT molecular complexity index is 1780. The fourth-order valence-corrected chi connectivity index (χ4v) is 4.01. The van der Waals surface area contributed by atoms with Gasteiger partial charge < -0.3 is 39.7 Å². The third kappa shape index (κ3) is 12.2. The van der Waals surface area contributed by atoms with Crippen molar-refractivity contribution >= 4 is 36.2 Å². The Morgan fingerprint density at radius 2 is 1.10 bits per heavy atom. The topological polar surface area (TPSA) is 163 Å². The first-order valence-corrected chi connectivity index (χ1v) is 14.5. The minimum atomic E-state index is -1.02. The molecule has 0 unspecified atom stereocenters. The standard InChI is InChI=1S/2C19H18O5/c1-23-18-13-15(6-10-17(18)21)7-11-19(22)24-12-2-3-14-4-8-16(20)9-5-14;1-24-18-12-14(7-10-17(18)21)11-15(19(22)23)4-2-3-13-5-8-16(20)9-6-13/h2-11,13,20-21H,12H2,1H3;2-3,5-12,20-21H,4H2,1H3,(H,22,23)/b3-2?,11-7+;3-2+,15-11+. The normalized spacial score (nSPS) is 11.3. The van der Waals surface area contributed by atoms with Crippen LogP contribution in [0.2, 0.25) is 0 Å². The Labute approximate surface area is 278 Å². The van der Waals surface area contributed by atoms with Gasteiger partial charge in [-0.2, -0.15) is 0 Å². The van der Waals surface area contributed by atoms with Crippen LogP contribution in [0.15, 0.2) is 109 Å². The fourth-order valence-electron chi connectivity index (χ4n) is 4.01. The summed E-state index contributed by atoms with van der Waals surface area (Å²) in [5.74, 6) is -0.449. The lowest BCUT2D eigenvalue weighted by molar-refractivity contribution is -0.136. The number of hydrogen-bond acceptors (Lipinski definition) is 9. The van der Waals surface area contributed by atoms with Crippen molar-refractivity contribution in [1.29, 1.82) is 0 Å². The molecule has 4 aromatic rings. The highest BCUT2D eigenvalue weighted by molar-refractivity contribution is 5.92. The number of aliphatic carboxylic acids is 1. The van der Waals surface area contributed by atoms with Gasteiger partial charge in [0.25, 0.3) is 0 Å². The van der Waals surface area contributed by atoms with Crippen LogP contribution in [-0.4, -0.2) is 58.3 Å². The number of phenols is 4. The zero-order valence-corrected chi connectivity index (χ0v) is 26.3. The van der Waals surface area contributed by atoms with Crippen molar-refractivity contribution in [2.45, 2.75) is 6.42 Å². The Morgan fingerprint density at radius 1 is 0.625 bits per heavy atom. The molecule has 0 bridgehead atoms. The largest absolute Gasteiger partial charge is 0.508 e. The van der Waals surface area contributed by atoms with E-state index >= 15 is 0 Å². The summed E-state index contributed by atoms with van der Waals surface area (Å²) in [5.41, 5.74) is 3.30. The Kier molecular flexibility index (Phi) is 13.9. The lowest BCUT2D eigenvalue weighted by Crippen LogP contribution is -1.99. The van der Waals surface area contributed by atoms with Crippen molar-refractivity contribution in [3.8, 4) is 34.5 Å². The van der Waals surface area contributed by atoms with Crippen LogP contribution in [0.5, 0.6) is 34.5 Å². The van der Waals surface area contributed by atoms with Crippen LogP contribution in [0.1, 0.15) is 28.7 Å². The summed E-state index contributed by atoms with van der Waals surface area (Å²) in [6.45, 7) is 0.142. The van der Waals surface area contributed by atoms with Gasteiger partial charge in [0.1, 0.15) is 18.1 Å². The summed E-state index contributed by atoms with van der Waals surface area (Å²) in [6, 6.07) is 22.7. The number of carboxylic acid groups (broad SMARTS) is 1. The van der Waals surface area contributed by atoms with E-state index in [2.05, 4.69) is 0 Å². The molecule has 4 aromatic carbocycles. The number of methoxy groups -OCH3 is 2. The van der Waals surface area contributed by atoms with Crippen LogP contribution in [0.4, 0.5) is 0 Å². The minimum Gasteiger partial charge on any atom is -0.508 e. The summed E-state index contributed by atoms with van der Waals surface area (Å²) >= 11 is 0. The highest BCUT2D eigenvalue weighted by Gasteiger charge is 2.08. The van der Waals surface area contributed by atoms with Gasteiger partial charge in [-0.3, -0.25) is 0 Å². The molecule has 0 amide bonds. The van der Waals surface area contributed by atoms with E-state index in [1.165, 1.54) is 38.5 Å². The van der Waals surface area contributed by atoms with E-state index in [1.807, 2.05) is 0 Å². The van der Waals surface area contributed by atoms with E-state index in [1.54, 1.807) is 103 Å². The van der Waals surface area contributed by atoms with Gasteiger partial charge in [-0.1, -0.05) is 54.6 Å². The molecule has 248 valence electrons.